The second-order valence-corrected chi connectivity index (χ2v) is 11.9. The molecule has 0 spiro atoms. The lowest BCUT2D eigenvalue weighted by Crippen LogP contribution is -2.02. The lowest BCUT2D eigenvalue weighted by Gasteiger charge is -2.13. The fourth-order valence-electron chi connectivity index (χ4n) is 7.41. The minimum Gasteiger partial charge on any atom is -0.456 e. The Balaban J connectivity index is 1.14. The van der Waals surface area contributed by atoms with Crippen LogP contribution in [-0.2, 0) is 6.42 Å². The van der Waals surface area contributed by atoms with Crippen LogP contribution in [0.25, 0.3) is 83.5 Å². The van der Waals surface area contributed by atoms with Gasteiger partial charge < -0.3 is 8.98 Å². The average Bonchev–Trinajstić information content (AvgIpc) is 3.75. The van der Waals surface area contributed by atoms with E-state index in [0.29, 0.717) is 0 Å². The lowest BCUT2D eigenvalue weighted by molar-refractivity contribution is 0.669. The zero-order valence-electron chi connectivity index (χ0n) is 24.4. The summed E-state index contributed by atoms with van der Waals surface area (Å²) < 4.78 is 11.1. The number of hydrogen-bond donors (Lipinski definition) is 0. The molecule has 1 aliphatic rings. The van der Waals surface area contributed by atoms with E-state index in [2.05, 4.69) is 149 Å². The number of fused-ring (bicyclic) bond motifs is 9. The summed E-state index contributed by atoms with van der Waals surface area (Å²) >= 11 is 0. The van der Waals surface area contributed by atoms with Crippen molar-refractivity contribution in [2.24, 2.45) is 0 Å². The van der Waals surface area contributed by atoms with Gasteiger partial charge in [-0.25, -0.2) is 4.98 Å². The van der Waals surface area contributed by atoms with Crippen molar-refractivity contribution in [1.29, 1.82) is 0 Å². The quantitative estimate of drug-likeness (QED) is 0.209. The molecule has 1 aliphatic carbocycles. The van der Waals surface area contributed by atoms with Gasteiger partial charge in [0.25, 0.3) is 0 Å². The third-order valence-corrected chi connectivity index (χ3v) is 9.40. The standard InChI is InChI=1S/C41H27N3O/c1-5-15-35-28(10-1)29-11-2-6-16-36(29)43(35)27-21-23-40-33(25-27)32-24-26(20-22-39(32)45-40)34-14-9-19-41(42-34)44-37-17-7-3-12-30(37)31-13-4-8-18-38(31)44/h1-5,7-15,17-25H,6,16H2. The van der Waals surface area contributed by atoms with E-state index in [0.717, 1.165) is 68.6 Å². The molecule has 0 saturated carbocycles. The zero-order valence-corrected chi connectivity index (χ0v) is 24.4. The molecule has 45 heavy (non-hydrogen) atoms. The molecule has 0 radical (unpaired) electrons. The van der Waals surface area contributed by atoms with E-state index in [9.17, 15) is 0 Å². The van der Waals surface area contributed by atoms with Crippen LogP contribution in [0.2, 0.25) is 0 Å². The van der Waals surface area contributed by atoms with Crippen molar-refractivity contribution < 1.29 is 4.42 Å². The molecule has 4 nitrogen and oxygen atoms in total. The van der Waals surface area contributed by atoms with Gasteiger partial charge in [0, 0.05) is 49.4 Å². The van der Waals surface area contributed by atoms with Gasteiger partial charge in [-0.3, -0.25) is 4.57 Å². The van der Waals surface area contributed by atoms with Crippen molar-refractivity contribution in [3.05, 3.63) is 145 Å². The van der Waals surface area contributed by atoms with Gasteiger partial charge in [0.2, 0.25) is 0 Å². The molecule has 212 valence electrons. The first-order chi connectivity index (χ1) is 22.3. The van der Waals surface area contributed by atoms with E-state index in [1.54, 1.807) is 0 Å². The normalized spacial score (nSPS) is 13.1. The second kappa shape index (κ2) is 9.31. The minimum absolute atomic E-state index is 0.881. The third-order valence-electron chi connectivity index (χ3n) is 9.40. The maximum absolute atomic E-state index is 6.35. The molecule has 9 aromatic rings. The molecule has 0 aliphatic heterocycles. The first kappa shape index (κ1) is 24.6. The number of aromatic nitrogens is 3. The SMILES string of the molecule is C1=Cc2c(n(-c3ccc4oc5ccc(-c6cccc(-n7c8ccccc8c8ccccc87)n6)cc5c4c3)c3ccccc23)CC1. The van der Waals surface area contributed by atoms with Crippen LogP contribution in [-0.4, -0.2) is 14.1 Å². The summed E-state index contributed by atoms with van der Waals surface area (Å²) in [6.07, 6.45) is 6.67. The van der Waals surface area contributed by atoms with E-state index in [4.69, 9.17) is 9.40 Å². The summed E-state index contributed by atoms with van der Waals surface area (Å²) in [6, 6.07) is 45.2. The van der Waals surface area contributed by atoms with Crippen LogP contribution in [0.3, 0.4) is 0 Å². The lowest BCUT2D eigenvalue weighted by atomic mass is 10.0. The highest BCUT2D eigenvalue weighted by atomic mass is 16.3. The number of allylic oxidation sites excluding steroid dienone is 1. The predicted molar refractivity (Wildman–Crippen MR) is 185 cm³/mol. The fourth-order valence-corrected chi connectivity index (χ4v) is 7.41. The summed E-state index contributed by atoms with van der Waals surface area (Å²) in [5.74, 6) is 0.905. The van der Waals surface area contributed by atoms with Crippen molar-refractivity contribution in [3.8, 4) is 22.8 Å². The number of pyridine rings is 1. The Kier molecular flexibility index (Phi) is 5.08. The van der Waals surface area contributed by atoms with Crippen molar-refractivity contribution in [2.45, 2.75) is 12.8 Å². The molecule has 4 heterocycles. The number of rotatable bonds is 3. The van der Waals surface area contributed by atoms with E-state index in [-0.39, 0.29) is 0 Å². The number of nitrogens with zero attached hydrogens (tertiary/aromatic N) is 3. The molecule has 0 saturated heterocycles. The van der Waals surface area contributed by atoms with Crippen LogP contribution in [0.5, 0.6) is 0 Å². The molecule has 10 rings (SSSR count). The van der Waals surface area contributed by atoms with Crippen molar-refractivity contribution in [3.63, 3.8) is 0 Å². The summed E-state index contributed by atoms with van der Waals surface area (Å²) in [4.78, 5) is 5.22. The largest absolute Gasteiger partial charge is 0.456 e. The van der Waals surface area contributed by atoms with Gasteiger partial charge in [0.15, 0.2) is 0 Å². The summed E-state index contributed by atoms with van der Waals surface area (Å²) in [5, 5.41) is 5.97. The Hall–Kier alpha value is -5.87. The molecular weight excluding hydrogens is 550 g/mol. The first-order valence-electron chi connectivity index (χ1n) is 15.5. The summed E-state index contributed by atoms with van der Waals surface area (Å²) in [5.41, 5.74) is 11.2. The molecule has 0 amide bonds. The topological polar surface area (TPSA) is 35.9 Å². The fraction of sp³-hybridized carbons (Fsp3) is 0.0488. The van der Waals surface area contributed by atoms with Crippen LogP contribution in [0.1, 0.15) is 17.7 Å². The van der Waals surface area contributed by atoms with E-state index < -0.39 is 0 Å². The third kappa shape index (κ3) is 3.57. The van der Waals surface area contributed by atoms with Gasteiger partial charge in [0.1, 0.15) is 17.0 Å². The molecule has 4 heteroatoms. The molecular formula is C41H27N3O. The van der Waals surface area contributed by atoms with Crippen molar-refractivity contribution in [1.82, 2.24) is 14.1 Å². The van der Waals surface area contributed by atoms with Crippen LogP contribution in [0, 0.1) is 0 Å². The highest BCUT2D eigenvalue weighted by Gasteiger charge is 2.20. The molecule has 0 N–H and O–H groups in total. The Bertz CT molecular complexity index is 2610. The van der Waals surface area contributed by atoms with Gasteiger partial charge in [0.05, 0.1) is 22.2 Å². The van der Waals surface area contributed by atoms with Crippen LogP contribution >= 0.6 is 0 Å². The number of furan rings is 1. The number of para-hydroxylation sites is 3. The molecule has 0 fully saturated rings. The first-order valence-corrected chi connectivity index (χ1v) is 15.5. The zero-order chi connectivity index (χ0) is 29.5. The van der Waals surface area contributed by atoms with Gasteiger partial charge in [-0.1, -0.05) is 72.8 Å². The van der Waals surface area contributed by atoms with Crippen LogP contribution in [0.4, 0.5) is 0 Å². The molecule has 5 aromatic carbocycles. The van der Waals surface area contributed by atoms with Gasteiger partial charge in [-0.05, 0) is 79.6 Å². The van der Waals surface area contributed by atoms with Gasteiger partial charge in [-0.15, -0.1) is 0 Å². The van der Waals surface area contributed by atoms with Gasteiger partial charge >= 0.3 is 0 Å². The highest BCUT2D eigenvalue weighted by molar-refractivity contribution is 6.09. The molecule has 0 atom stereocenters. The van der Waals surface area contributed by atoms with Crippen LogP contribution in [0.15, 0.2) is 138 Å². The molecule has 4 aromatic heterocycles. The Labute approximate surface area is 259 Å². The average molecular weight is 578 g/mol. The second-order valence-electron chi connectivity index (χ2n) is 11.9. The number of hydrogen-bond acceptors (Lipinski definition) is 2. The van der Waals surface area contributed by atoms with Crippen molar-refractivity contribution >= 4 is 60.7 Å². The maximum atomic E-state index is 6.35. The smallest absolute Gasteiger partial charge is 0.138 e. The van der Waals surface area contributed by atoms with E-state index in [1.807, 2.05) is 0 Å². The molecule has 0 bridgehead atoms. The van der Waals surface area contributed by atoms with E-state index in [1.165, 1.54) is 32.9 Å². The molecule has 0 unspecified atom stereocenters. The Morgan fingerprint density at radius 3 is 2.00 bits per heavy atom. The Morgan fingerprint density at radius 1 is 0.556 bits per heavy atom. The maximum Gasteiger partial charge on any atom is 0.138 e. The van der Waals surface area contributed by atoms with Gasteiger partial charge in [-0.2, -0.15) is 0 Å². The summed E-state index contributed by atoms with van der Waals surface area (Å²) in [7, 11) is 0. The number of benzene rings is 5. The predicted octanol–water partition coefficient (Wildman–Crippen LogP) is 10.6. The van der Waals surface area contributed by atoms with Crippen LogP contribution < -0.4 is 0 Å². The van der Waals surface area contributed by atoms with Crippen molar-refractivity contribution in [2.75, 3.05) is 0 Å². The minimum atomic E-state index is 0.881. The monoisotopic (exact) mass is 577 g/mol. The summed E-state index contributed by atoms with van der Waals surface area (Å²) in [6.45, 7) is 0. The van der Waals surface area contributed by atoms with E-state index >= 15 is 0 Å². The highest BCUT2D eigenvalue weighted by Crippen LogP contribution is 2.38. The Morgan fingerprint density at radius 2 is 1.22 bits per heavy atom.